The Morgan fingerprint density at radius 1 is 1.21 bits per heavy atom. The lowest BCUT2D eigenvalue weighted by Crippen LogP contribution is -2.41. The standard InChI is InChI=1S/C21H28N4O3/c1-21(2,3)17-10-11-18(26)25(22-17)13-14-7-6-12-24(14)20(27)19-15-8-4-5-9-16(15)23-28-19/h10-11,14H,4-9,12-13H2,1-3H3. The number of likely N-dealkylation sites (tertiary alicyclic amines) is 1. The third-order valence-electron chi connectivity index (χ3n) is 5.81. The summed E-state index contributed by atoms with van der Waals surface area (Å²) < 4.78 is 6.96. The minimum Gasteiger partial charge on any atom is -0.350 e. The van der Waals surface area contributed by atoms with Gasteiger partial charge in [-0.3, -0.25) is 9.59 Å². The molecule has 1 fully saturated rings. The minimum atomic E-state index is -0.139. The van der Waals surface area contributed by atoms with Crippen LogP contribution in [0.4, 0.5) is 0 Å². The maximum Gasteiger partial charge on any atom is 0.293 e. The highest BCUT2D eigenvalue weighted by molar-refractivity contribution is 5.93. The minimum absolute atomic E-state index is 0.0581. The highest BCUT2D eigenvalue weighted by Crippen LogP contribution is 2.28. The van der Waals surface area contributed by atoms with Crippen LogP contribution in [-0.4, -0.2) is 38.3 Å². The van der Waals surface area contributed by atoms with Crippen LogP contribution >= 0.6 is 0 Å². The molecule has 0 bridgehead atoms. The number of aryl methyl sites for hydroxylation is 1. The van der Waals surface area contributed by atoms with Crippen molar-refractivity contribution in [1.29, 1.82) is 0 Å². The maximum atomic E-state index is 13.2. The van der Waals surface area contributed by atoms with Crippen molar-refractivity contribution in [2.45, 2.75) is 77.3 Å². The SMILES string of the molecule is CC(C)(C)c1ccc(=O)n(CC2CCCN2C(=O)c2onc3c2CCCC3)n1. The van der Waals surface area contributed by atoms with Crippen molar-refractivity contribution in [3.05, 3.63) is 45.2 Å². The Labute approximate surface area is 164 Å². The molecule has 1 atom stereocenters. The van der Waals surface area contributed by atoms with Crippen molar-refractivity contribution >= 4 is 5.91 Å². The van der Waals surface area contributed by atoms with Crippen molar-refractivity contribution in [3.8, 4) is 0 Å². The largest absolute Gasteiger partial charge is 0.350 e. The van der Waals surface area contributed by atoms with Crippen LogP contribution in [0.15, 0.2) is 21.5 Å². The average molecular weight is 384 g/mol. The van der Waals surface area contributed by atoms with E-state index in [1.54, 1.807) is 12.1 Å². The molecular formula is C21H28N4O3. The van der Waals surface area contributed by atoms with Gasteiger partial charge in [-0.15, -0.1) is 0 Å². The maximum absolute atomic E-state index is 13.2. The molecule has 2 aliphatic rings. The summed E-state index contributed by atoms with van der Waals surface area (Å²) in [6.45, 7) is 7.30. The third kappa shape index (κ3) is 3.50. The van der Waals surface area contributed by atoms with Gasteiger partial charge in [0.25, 0.3) is 11.5 Å². The van der Waals surface area contributed by atoms with Gasteiger partial charge in [0.05, 0.1) is 24.0 Å². The molecule has 0 spiro atoms. The predicted molar refractivity (Wildman–Crippen MR) is 104 cm³/mol. The molecule has 1 amide bonds. The number of carbonyl (C=O) groups excluding carboxylic acids is 1. The molecule has 1 aliphatic carbocycles. The Morgan fingerprint density at radius 3 is 2.79 bits per heavy atom. The number of amides is 1. The summed E-state index contributed by atoms with van der Waals surface area (Å²) in [5.41, 5.74) is 2.50. The van der Waals surface area contributed by atoms with Crippen LogP contribution in [0.3, 0.4) is 0 Å². The van der Waals surface area contributed by atoms with E-state index in [-0.39, 0.29) is 22.9 Å². The first-order valence-corrected chi connectivity index (χ1v) is 10.2. The third-order valence-corrected chi connectivity index (χ3v) is 5.81. The van der Waals surface area contributed by atoms with Gasteiger partial charge in [-0.2, -0.15) is 5.10 Å². The molecule has 0 radical (unpaired) electrons. The van der Waals surface area contributed by atoms with Crippen LogP contribution in [0.1, 0.15) is 74.0 Å². The molecule has 7 nitrogen and oxygen atoms in total. The lowest BCUT2D eigenvalue weighted by molar-refractivity contribution is 0.0676. The van der Waals surface area contributed by atoms with E-state index in [0.717, 1.165) is 55.5 Å². The van der Waals surface area contributed by atoms with Gasteiger partial charge in [0.1, 0.15) is 0 Å². The fourth-order valence-electron chi connectivity index (χ4n) is 4.16. The number of carbonyl (C=O) groups is 1. The predicted octanol–water partition coefficient (Wildman–Crippen LogP) is 2.71. The van der Waals surface area contributed by atoms with E-state index in [4.69, 9.17) is 4.52 Å². The molecule has 7 heteroatoms. The molecule has 1 aliphatic heterocycles. The number of fused-ring (bicyclic) bond motifs is 1. The van der Waals surface area contributed by atoms with E-state index in [0.29, 0.717) is 18.8 Å². The zero-order chi connectivity index (χ0) is 19.9. The molecule has 3 heterocycles. The fraction of sp³-hybridized carbons (Fsp3) is 0.619. The van der Waals surface area contributed by atoms with Crippen LogP contribution in [-0.2, 0) is 24.8 Å². The van der Waals surface area contributed by atoms with Crippen molar-refractivity contribution in [3.63, 3.8) is 0 Å². The first kappa shape index (κ1) is 18.9. The molecule has 2 aromatic rings. The Morgan fingerprint density at radius 2 is 2.00 bits per heavy atom. The summed E-state index contributed by atoms with van der Waals surface area (Å²) in [4.78, 5) is 27.4. The van der Waals surface area contributed by atoms with Crippen molar-refractivity contribution in [2.75, 3.05) is 6.54 Å². The molecule has 0 aromatic carbocycles. The topological polar surface area (TPSA) is 81.2 Å². The number of hydrogen-bond acceptors (Lipinski definition) is 5. The smallest absolute Gasteiger partial charge is 0.293 e. The van der Waals surface area contributed by atoms with Gasteiger partial charge in [0.15, 0.2) is 0 Å². The Hall–Kier alpha value is -2.44. The summed E-state index contributed by atoms with van der Waals surface area (Å²) in [5.74, 6) is 0.295. The second-order valence-electron chi connectivity index (χ2n) is 8.93. The molecule has 4 rings (SSSR count). The van der Waals surface area contributed by atoms with E-state index < -0.39 is 0 Å². The van der Waals surface area contributed by atoms with Gasteiger partial charge in [-0.1, -0.05) is 25.9 Å². The van der Waals surface area contributed by atoms with E-state index in [9.17, 15) is 9.59 Å². The quantitative estimate of drug-likeness (QED) is 0.813. The first-order valence-electron chi connectivity index (χ1n) is 10.2. The molecule has 2 aromatic heterocycles. The van der Waals surface area contributed by atoms with Gasteiger partial charge >= 0.3 is 0 Å². The van der Waals surface area contributed by atoms with Crippen molar-refractivity contribution in [1.82, 2.24) is 19.8 Å². The number of hydrogen-bond donors (Lipinski definition) is 0. The van der Waals surface area contributed by atoms with Gasteiger partial charge in [0, 0.05) is 23.6 Å². The average Bonchev–Trinajstić information content (AvgIpc) is 3.29. The molecule has 150 valence electrons. The van der Waals surface area contributed by atoms with Gasteiger partial charge in [-0.25, -0.2) is 4.68 Å². The zero-order valence-corrected chi connectivity index (χ0v) is 16.9. The molecule has 0 N–H and O–H groups in total. The summed E-state index contributed by atoms with van der Waals surface area (Å²) in [6, 6.07) is 3.30. The molecule has 1 unspecified atom stereocenters. The number of nitrogens with zero attached hydrogens (tertiary/aromatic N) is 4. The van der Waals surface area contributed by atoms with E-state index in [2.05, 4.69) is 31.0 Å². The van der Waals surface area contributed by atoms with Crippen LogP contribution < -0.4 is 5.56 Å². The summed E-state index contributed by atoms with van der Waals surface area (Å²) in [6.07, 6.45) is 5.67. The van der Waals surface area contributed by atoms with Crippen molar-refractivity contribution in [2.24, 2.45) is 0 Å². The lowest BCUT2D eigenvalue weighted by atomic mass is 9.92. The van der Waals surface area contributed by atoms with E-state index in [1.165, 1.54) is 4.68 Å². The Bertz CT molecular complexity index is 938. The molecule has 0 saturated carbocycles. The van der Waals surface area contributed by atoms with Gasteiger partial charge in [0.2, 0.25) is 5.76 Å². The van der Waals surface area contributed by atoms with E-state index >= 15 is 0 Å². The van der Waals surface area contributed by atoms with E-state index in [1.807, 2.05) is 4.90 Å². The second-order valence-corrected chi connectivity index (χ2v) is 8.93. The molecule has 28 heavy (non-hydrogen) atoms. The normalized spacial score (nSPS) is 19.7. The van der Waals surface area contributed by atoms with Crippen LogP contribution in [0.5, 0.6) is 0 Å². The lowest BCUT2D eigenvalue weighted by Gasteiger charge is -2.25. The Kier molecular flexibility index (Phi) is 4.85. The second kappa shape index (κ2) is 7.18. The summed E-state index contributed by atoms with van der Waals surface area (Å²) in [7, 11) is 0. The number of rotatable bonds is 3. The highest BCUT2D eigenvalue weighted by Gasteiger charge is 2.35. The first-order chi connectivity index (χ1) is 13.3. The monoisotopic (exact) mass is 384 g/mol. The summed E-state index contributed by atoms with van der Waals surface area (Å²) in [5, 5.41) is 8.69. The van der Waals surface area contributed by atoms with Crippen LogP contribution in [0, 0.1) is 0 Å². The zero-order valence-electron chi connectivity index (χ0n) is 16.9. The fourth-order valence-corrected chi connectivity index (χ4v) is 4.16. The molecule has 1 saturated heterocycles. The van der Waals surface area contributed by atoms with Crippen molar-refractivity contribution < 1.29 is 9.32 Å². The summed E-state index contributed by atoms with van der Waals surface area (Å²) >= 11 is 0. The van der Waals surface area contributed by atoms with Crippen LogP contribution in [0.2, 0.25) is 0 Å². The highest BCUT2D eigenvalue weighted by atomic mass is 16.5. The van der Waals surface area contributed by atoms with Crippen LogP contribution in [0.25, 0.3) is 0 Å². The molecular weight excluding hydrogens is 356 g/mol. The Balaban J connectivity index is 1.57. The number of aromatic nitrogens is 3. The van der Waals surface area contributed by atoms with Gasteiger partial charge < -0.3 is 9.42 Å². The van der Waals surface area contributed by atoms with Gasteiger partial charge in [-0.05, 0) is 44.6 Å².